The molecule has 0 heterocycles. The summed E-state index contributed by atoms with van der Waals surface area (Å²) in [7, 11) is 0. The van der Waals surface area contributed by atoms with Crippen molar-refractivity contribution in [1.29, 1.82) is 5.41 Å². The molecule has 76 valence electrons. The number of carbonyl (C=O) groups excluding carboxylic acids is 1. The van der Waals surface area contributed by atoms with Gasteiger partial charge in [-0.1, -0.05) is 13.5 Å². The molecule has 13 heavy (non-hydrogen) atoms. The number of guanidine groups is 1. The van der Waals surface area contributed by atoms with Gasteiger partial charge in [-0.25, -0.2) is 0 Å². The molecular weight excluding hydrogens is 168 g/mol. The van der Waals surface area contributed by atoms with Crippen LogP contribution < -0.4 is 16.8 Å². The number of rotatable bonds is 3. The molecule has 0 saturated carbocycles. The summed E-state index contributed by atoms with van der Waals surface area (Å²) in [6.07, 6.45) is 0.971. The highest BCUT2D eigenvalue weighted by molar-refractivity contribution is 5.91. The van der Waals surface area contributed by atoms with Crippen LogP contribution in [0.1, 0.15) is 20.3 Å². The monoisotopic (exact) mass is 186 g/mol. The first-order valence-corrected chi connectivity index (χ1v) is 3.95. The first-order valence-electron chi connectivity index (χ1n) is 3.95. The zero-order valence-corrected chi connectivity index (χ0v) is 8.18. The third kappa shape index (κ3) is 17.9. The Morgan fingerprint density at radius 1 is 1.54 bits per heavy atom. The molecule has 0 aliphatic rings. The van der Waals surface area contributed by atoms with Gasteiger partial charge in [-0.2, -0.15) is 0 Å². The van der Waals surface area contributed by atoms with E-state index < -0.39 is 0 Å². The fourth-order valence-electron chi connectivity index (χ4n) is 0.389. The van der Waals surface area contributed by atoms with E-state index in [9.17, 15) is 4.79 Å². The van der Waals surface area contributed by atoms with Crippen LogP contribution in [0, 0.1) is 5.41 Å². The highest BCUT2D eigenvalue weighted by atomic mass is 16.1. The van der Waals surface area contributed by atoms with E-state index >= 15 is 0 Å². The van der Waals surface area contributed by atoms with Crippen molar-refractivity contribution in [2.45, 2.75) is 20.3 Å². The molecule has 0 aliphatic carbocycles. The summed E-state index contributed by atoms with van der Waals surface area (Å²) < 4.78 is 0. The summed E-state index contributed by atoms with van der Waals surface area (Å²) in [5, 5.41) is 8.75. The number of hydrogen-bond acceptors (Lipinski definition) is 2. The zero-order valence-electron chi connectivity index (χ0n) is 8.18. The summed E-state index contributed by atoms with van der Waals surface area (Å²) >= 11 is 0. The topological polar surface area (TPSA) is 105 Å². The van der Waals surface area contributed by atoms with Crippen molar-refractivity contribution in [2.24, 2.45) is 11.5 Å². The highest BCUT2D eigenvalue weighted by Crippen LogP contribution is 1.84. The smallest absolute Gasteiger partial charge is 0.246 e. The van der Waals surface area contributed by atoms with Crippen molar-refractivity contribution in [3.63, 3.8) is 0 Å². The third-order valence-corrected chi connectivity index (χ3v) is 0.923. The van der Waals surface area contributed by atoms with Gasteiger partial charge in [-0.3, -0.25) is 10.2 Å². The summed E-state index contributed by atoms with van der Waals surface area (Å²) in [6, 6.07) is 0. The zero-order chi connectivity index (χ0) is 10.9. The molecule has 1 amide bonds. The predicted molar refractivity (Wildman–Crippen MR) is 54.2 cm³/mol. The molecule has 6 N–H and O–H groups in total. The van der Waals surface area contributed by atoms with Crippen LogP contribution in [-0.2, 0) is 4.79 Å². The Kier molecular flexibility index (Phi) is 9.25. The minimum absolute atomic E-state index is 0.0446. The number of nitrogens with two attached hydrogens (primary N) is 2. The fourth-order valence-corrected chi connectivity index (χ4v) is 0.389. The largest absolute Gasteiger partial charge is 0.370 e. The summed E-state index contributed by atoms with van der Waals surface area (Å²) in [5.74, 6) is -0.378. The third-order valence-electron chi connectivity index (χ3n) is 0.923. The van der Waals surface area contributed by atoms with Gasteiger partial charge in [0.25, 0.3) is 0 Å². The number of amides is 1. The van der Waals surface area contributed by atoms with Gasteiger partial charge in [0.15, 0.2) is 5.96 Å². The maximum Gasteiger partial charge on any atom is 0.246 e. The molecule has 5 heteroatoms. The molecule has 0 rings (SSSR count). The average molecular weight is 186 g/mol. The Morgan fingerprint density at radius 2 is 1.92 bits per heavy atom. The van der Waals surface area contributed by atoms with E-state index in [1.807, 2.05) is 6.92 Å². The van der Waals surface area contributed by atoms with E-state index in [0.29, 0.717) is 5.57 Å². The van der Waals surface area contributed by atoms with Gasteiger partial charge in [0.1, 0.15) is 0 Å². The quantitative estimate of drug-likeness (QED) is 0.281. The van der Waals surface area contributed by atoms with E-state index in [0.717, 1.165) is 13.0 Å². The molecule has 0 radical (unpaired) electrons. The molecule has 0 unspecified atom stereocenters. The van der Waals surface area contributed by atoms with Crippen molar-refractivity contribution in [3.8, 4) is 0 Å². The molecule has 0 saturated heterocycles. The van der Waals surface area contributed by atoms with E-state index in [1.165, 1.54) is 0 Å². The number of nitrogens with one attached hydrogen (secondary N) is 2. The van der Waals surface area contributed by atoms with Gasteiger partial charge in [-0.15, -0.1) is 0 Å². The van der Waals surface area contributed by atoms with Crippen LogP contribution in [0.5, 0.6) is 0 Å². The second kappa shape index (κ2) is 8.58. The molecule has 0 fully saturated rings. The van der Waals surface area contributed by atoms with E-state index in [1.54, 1.807) is 6.92 Å². The van der Waals surface area contributed by atoms with Crippen LogP contribution in [0.3, 0.4) is 0 Å². The van der Waals surface area contributed by atoms with Crippen LogP contribution >= 0.6 is 0 Å². The molecule has 0 aromatic heterocycles. The normalized spacial score (nSPS) is 7.85. The van der Waals surface area contributed by atoms with E-state index in [2.05, 4.69) is 23.4 Å². The lowest BCUT2D eigenvalue weighted by Gasteiger charge is -1.99. The van der Waals surface area contributed by atoms with Crippen molar-refractivity contribution in [1.82, 2.24) is 5.32 Å². The lowest BCUT2D eigenvalue weighted by atomic mass is 10.3. The minimum Gasteiger partial charge on any atom is -0.370 e. The van der Waals surface area contributed by atoms with Crippen molar-refractivity contribution in [2.75, 3.05) is 6.54 Å². The molecular formula is C8H18N4O. The van der Waals surface area contributed by atoms with Gasteiger partial charge >= 0.3 is 0 Å². The maximum absolute atomic E-state index is 10.7. The number of hydrogen-bond donors (Lipinski definition) is 4. The Hall–Kier alpha value is -1.52. The lowest BCUT2D eigenvalue weighted by molar-refractivity contribution is -0.117. The summed E-state index contributed by atoms with van der Waals surface area (Å²) in [5.41, 5.74) is 9.52. The van der Waals surface area contributed by atoms with Gasteiger partial charge < -0.3 is 16.8 Å². The maximum atomic E-state index is 10.7. The fraction of sp³-hybridized carbons (Fsp3) is 0.500. The average Bonchev–Trinajstić information content (AvgIpc) is 1.98. The van der Waals surface area contributed by atoms with Crippen molar-refractivity contribution in [3.05, 3.63) is 12.2 Å². The van der Waals surface area contributed by atoms with E-state index in [4.69, 9.17) is 5.41 Å². The first kappa shape index (κ1) is 14.0. The van der Waals surface area contributed by atoms with Crippen LogP contribution in [0.25, 0.3) is 0 Å². The van der Waals surface area contributed by atoms with Crippen molar-refractivity contribution >= 4 is 11.9 Å². The second-order valence-electron chi connectivity index (χ2n) is 2.49. The van der Waals surface area contributed by atoms with Crippen LogP contribution in [0.2, 0.25) is 0 Å². The molecule has 0 aromatic rings. The molecule has 0 spiro atoms. The molecule has 0 aromatic carbocycles. The Morgan fingerprint density at radius 3 is 2.15 bits per heavy atom. The van der Waals surface area contributed by atoms with Crippen LogP contribution in [0.15, 0.2) is 12.2 Å². The standard InChI is InChI=1S/C7H13NO.CH5N3/c1-4-5-8-7(9)6(2)3;2-1(3)4/h2,4-5H2,1,3H3,(H,8,9);(H5,2,3,4). The lowest BCUT2D eigenvalue weighted by Crippen LogP contribution is -2.24. The molecule has 0 aliphatic heterocycles. The van der Waals surface area contributed by atoms with Crippen LogP contribution in [-0.4, -0.2) is 18.4 Å². The highest BCUT2D eigenvalue weighted by Gasteiger charge is 1.96. The summed E-state index contributed by atoms with van der Waals surface area (Å²) in [4.78, 5) is 10.7. The summed E-state index contributed by atoms with van der Waals surface area (Å²) in [6.45, 7) is 7.95. The SMILES string of the molecule is C=C(C)C(=O)NCCC.N=C(N)N. The Bertz CT molecular complexity index is 185. The Labute approximate surface area is 78.7 Å². The molecule has 0 bridgehead atoms. The van der Waals surface area contributed by atoms with Gasteiger partial charge in [0.05, 0.1) is 0 Å². The van der Waals surface area contributed by atoms with Gasteiger partial charge in [0.2, 0.25) is 5.91 Å². The first-order chi connectivity index (χ1) is 5.91. The minimum atomic E-state index is -0.333. The predicted octanol–water partition coefficient (Wildman–Crippen LogP) is -0.0727. The van der Waals surface area contributed by atoms with Gasteiger partial charge in [-0.05, 0) is 13.3 Å². The van der Waals surface area contributed by atoms with Gasteiger partial charge in [0, 0.05) is 12.1 Å². The van der Waals surface area contributed by atoms with Crippen LogP contribution in [0.4, 0.5) is 0 Å². The Balaban J connectivity index is 0. The van der Waals surface area contributed by atoms with E-state index in [-0.39, 0.29) is 11.9 Å². The second-order valence-corrected chi connectivity index (χ2v) is 2.49. The molecule has 5 nitrogen and oxygen atoms in total. The molecule has 0 atom stereocenters. The van der Waals surface area contributed by atoms with Crippen molar-refractivity contribution < 1.29 is 4.79 Å². The number of carbonyl (C=O) groups is 1.